The maximum absolute atomic E-state index is 13.0. The van der Waals surface area contributed by atoms with Crippen molar-refractivity contribution in [1.82, 2.24) is 9.21 Å². The lowest BCUT2D eigenvalue weighted by molar-refractivity contribution is -0.0719. The predicted molar refractivity (Wildman–Crippen MR) is 80.7 cm³/mol. The molecular weight excluding hydrogens is 288 g/mol. The van der Waals surface area contributed by atoms with E-state index in [0.29, 0.717) is 18.0 Å². The van der Waals surface area contributed by atoms with Gasteiger partial charge in [0.05, 0.1) is 23.6 Å². The van der Waals surface area contributed by atoms with E-state index in [9.17, 15) is 8.42 Å². The van der Waals surface area contributed by atoms with Gasteiger partial charge in [-0.05, 0) is 32.0 Å². The predicted octanol–water partition coefficient (Wildman–Crippen LogP) is 1.09. The molecule has 1 aromatic rings. The number of benzene rings is 1. The Hall–Kier alpha value is -0.950. The molecule has 0 unspecified atom stereocenters. The minimum Gasteiger partial charge on any atom is -0.375 e. The second-order valence-electron chi connectivity index (χ2n) is 5.91. The van der Waals surface area contributed by atoms with Gasteiger partial charge in [-0.2, -0.15) is 4.31 Å². The third kappa shape index (κ3) is 2.73. The highest BCUT2D eigenvalue weighted by Gasteiger charge is 2.42. The topological polar surface area (TPSA) is 49.9 Å². The largest absolute Gasteiger partial charge is 0.375 e. The maximum atomic E-state index is 13.0. The third-order valence-corrected chi connectivity index (χ3v) is 6.50. The van der Waals surface area contributed by atoms with Crippen LogP contribution in [0.25, 0.3) is 0 Å². The summed E-state index contributed by atoms with van der Waals surface area (Å²) in [7, 11) is -1.43. The van der Waals surface area contributed by atoms with Gasteiger partial charge in [0.15, 0.2) is 0 Å². The fourth-order valence-electron chi connectivity index (χ4n) is 3.27. The number of hydrogen-bond acceptors (Lipinski definition) is 4. The van der Waals surface area contributed by atoms with Crippen molar-refractivity contribution in [3.63, 3.8) is 0 Å². The van der Waals surface area contributed by atoms with Crippen LogP contribution in [0.5, 0.6) is 0 Å². The van der Waals surface area contributed by atoms with E-state index in [2.05, 4.69) is 4.90 Å². The number of likely N-dealkylation sites (N-methyl/N-ethyl adjacent to an activating group) is 1. The molecule has 21 heavy (non-hydrogen) atoms. The molecule has 0 amide bonds. The minimum absolute atomic E-state index is 0.0220. The van der Waals surface area contributed by atoms with Crippen molar-refractivity contribution in [3.8, 4) is 0 Å². The molecule has 0 aliphatic carbocycles. The summed E-state index contributed by atoms with van der Waals surface area (Å²) in [6.07, 6.45) is 0.912. The molecule has 0 radical (unpaired) electrons. The number of likely N-dealkylation sites (tertiary alicyclic amines) is 1. The summed E-state index contributed by atoms with van der Waals surface area (Å²) in [5.74, 6) is 0. The van der Waals surface area contributed by atoms with Crippen LogP contribution in [-0.4, -0.2) is 63.1 Å². The monoisotopic (exact) mass is 310 g/mol. The van der Waals surface area contributed by atoms with Gasteiger partial charge in [-0.25, -0.2) is 8.42 Å². The Kier molecular flexibility index (Phi) is 4.05. The lowest BCUT2D eigenvalue weighted by Crippen LogP contribution is -2.60. The molecule has 6 heteroatoms. The Morgan fingerprint density at radius 3 is 2.76 bits per heavy atom. The van der Waals surface area contributed by atoms with Crippen LogP contribution in [0.2, 0.25) is 0 Å². The fourth-order valence-corrected chi connectivity index (χ4v) is 5.12. The van der Waals surface area contributed by atoms with E-state index in [1.165, 1.54) is 0 Å². The average Bonchev–Trinajstić information content (AvgIpc) is 2.46. The van der Waals surface area contributed by atoms with Gasteiger partial charge in [0.2, 0.25) is 10.0 Å². The van der Waals surface area contributed by atoms with Gasteiger partial charge < -0.3 is 9.64 Å². The van der Waals surface area contributed by atoms with Crippen LogP contribution in [0.15, 0.2) is 29.2 Å². The van der Waals surface area contributed by atoms with E-state index in [0.717, 1.165) is 25.1 Å². The average molecular weight is 310 g/mol. The summed E-state index contributed by atoms with van der Waals surface area (Å²) in [6, 6.07) is 7.11. The van der Waals surface area contributed by atoms with Crippen molar-refractivity contribution in [2.24, 2.45) is 0 Å². The molecule has 0 aromatic heterocycles. The molecule has 5 nitrogen and oxygen atoms in total. The van der Waals surface area contributed by atoms with Crippen LogP contribution in [0.1, 0.15) is 12.0 Å². The zero-order valence-corrected chi connectivity index (χ0v) is 13.3. The lowest BCUT2D eigenvalue weighted by Gasteiger charge is -2.45. The highest BCUT2D eigenvalue weighted by molar-refractivity contribution is 7.89. The first-order chi connectivity index (χ1) is 10.00. The molecule has 0 bridgehead atoms. The molecule has 0 saturated carbocycles. The summed E-state index contributed by atoms with van der Waals surface area (Å²) in [6.45, 7) is 4.45. The minimum atomic E-state index is -3.46. The van der Waals surface area contributed by atoms with E-state index in [-0.39, 0.29) is 12.1 Å². The van der Waals surface area contributed by atoms with Gasteiger partial charge in [0, 0.05) is 19.6 Å². The molecule has 2 aliphatic heterocycles. The summed E-state index contributed by atoms with van der Waals surface area (Å²) < 4.78 is 33.5. The highest BCUT2D eigenvalue weighted by atomic mass is 32.2. The second-order valence-corrected chi connectivity index (χ2v) is 7.77. The van der Waals surface area contributed by atoms with Crippen molar-refractivity contribution in [2.45, 2.75) is 30.4 Å². The SMILES string of the molecule is Cc1ccccc1S(=O)(=O)N1CCO[C@H]2CCN(C)C[C@@H]21. The molecule has 2 heterocycles. The van der Waals surface area contributed by atoms with Gasteiger partial charge in [0.1, 0.15) is 0 Å². The van der Waals surface area contributed by atoms with E-state index < -0.39 is 10.0 Å². The van der Waals surface area contributed by atoms with Crippen molar-refractivity contribution < 1.29 is 13.2 Å². The molecular formula is C15H22N2O3S. The fraction of sp³-hybridized carbons (Fsp3) is 0.600. The summed E-state index contributed by atoms with van der Waals surface area (Å²) in [4.78, 5) is 2.59. The third-order valence-electron chi connectivity index (χ3n) is 4.42. The Morgan fingerprint density at radius 1 is 1.24 bits per heavy atom. The molecule has 116 valence electrons. The Labute approximate surface area is 126 Å². The number of sulfonamides is 1. The van der Waals surface area contributed by atoms with Crippen LogP contribution in [0.4, 0.5) is 0 Å². The van der Waals surface area contributed by atoms with Crippen LogP contribution >= 0.6 is 0 Å². The van der Waals surface area contributed by atoms with Crippen molar-refractivity contribution in [1.29, 1.82) is 0 Å². The van der Waals surface area contributed by atoms with Gasteiger partial charge in [0.25, 0.3) is 0 Å². The molecule has 3 rings (SSSR count). The molecule has 0 N–H and O–H groups in total. The van der Waals surface area contributed by atoms with E-state index in [1.54, 1.807) is 16.4 Å². The number of aryl methyl sites for hydroxylation is 1. The summed E-state index contributed by atoms with van der Waals surface area (Å²) in [5, 5.41) is 0. The second kappa shape index (κ2) is 5.68. The highest BCUT2D eigenvalue weighted by Crippen LogP contribution is 2.29. The number of ether oxygens (including phenoxy) is 1. The zero-order valence-electron chi connectivity index (χ0n) is 12.5. The number of fused-ring (bicyclic) bond motifs is 1. The Balaban J connectivity index is 1.96. The van der Waals surface area contributed by atoms with E-state index >= 15 is 0 Å². The number of piperidine rings is 1. The number of rotatable bonds is 2. The van der Waals surface area contributed by atoms with Gasteiger partial charge in [-0.15, -0.1) is 0 Å². The van der Waals surface area contributed by atoms with E-state index in [1.807, 2.05) is 26.1 Å². The Morgan fingerprint density at radius 2 is 2.00 bits per heavy atom. The molecule has 2 fully saturated rings. The maximum Gasteiger partial charge on any atom is 0.243 e. The standard InChI is InChI=1S/C15H22N2O3S/c1-12-5-3-4-6-15(12)21(18,19)17-9-10-20-14-7-8-16(2)11-13(14)17/h3-6,13-14H,7-11H2,1-2H3/t13-,14-/m0/s1. The van der Waals surface area contributed by atoms with Crippen LogP contribution in [-0.2, 0) is 14.8 Å². The molecule has 1 aromatic carbocycles. The van der Waals surface area contributed by atoms with Crippen molar-refractivity contribution in [2.75, 3.05) is 33.3 Å². The van der Waals surface area contributed by atoms with E-state index in [4.69, 9.17) is 4.74 Å². The van der Waals surface area contributed by atoms with Crippen molar-refractivity contribution in [3.05, 3.63) is 29.8 Å². The number of morpholine rings is 1. The molecule has 2 aliphatic rings. The normalized spacial score (nSPS) is 28.3. The zero-order chi connectivity index (χ0) is 15.0. The number of hydrogen-bond donors (Lipinski definition) is 0. The van der Waals surface area contributed by atoms with Crippen LogP contribution < -0.4 is 0 Å². The first-order valence-corrected chi connectivity index (χ1v) is 8.82. The lowest BCUT2D eigenvalue weighted by atomic mass is 10.0. The summed E-state index contributed by atoms with van der Waals surface area (Å²) in [5.41, 5.74) is 0.796. The van der Waals surface area contributed by atoms with Crippen LogP contribution in [0.3, 0.4) is 0 Å². The molecule has 0 spiro atoms. The first-order valence-electron chi connectivity index (χ1n) is 7.38. The van der Waals surface area contributed by atoms with Gasteiger partial charge in [-0.1, -0.05) is 18.2 Å². The van der Waals surface area contributed by atoms with Crippen LogP contribution in [0, 0.1) is 6.92 Å². The quantitative estimate of drug-likeness (QED) is 0.820. The smallest absolute Gasteiger partial charge is 0.243 e. The van der Waals surface area contributed by atoms with Gasteiger partial charge in [-0.3, -0.25) is 0 Å². The number of nitrogens with zero attached hydrogens (tertiary/aromatic N) is 2. The van der Waals surface area contributed by atoms with Gasteiger partial charge >= 0.3 is 0 Å². The molecule has 2 atom stereocenters. The summed E-state index contributed by atoms with van der Waals surface area (Å²) >= 11 is 0. The molecule has 2 saturated heterocycles. The first kappa shape index (κ1) is 15.0. The van der Waals surface area contributed by atoms with Crippen molar-refractivity contribution >= 4 is 10.0 Å². The Bertz CT molecular complexity index is 617.